The molecule has 6 nitrogen and oxygen atoms in total. The summed E-state index contributed by atoms with van der Waals surface area (Å²) in [5, 5.41) is 15.4. The van der Waals surface area contributed by atoms with Gasteiger partial charge in [0.25, 0.3) is 11.7 Å². The molecule has 0 fully saturated rings. The lowest BCUT2D eigenvalue weighted by molar-refractivity contribution is 0.0941. The molecule has 2 rings (SSSR count). The Labute approximate surface area is 89.7 Å². The number of aryl methyl sites for hydroxylation is 1. The van der Waals surface area contributed by atoms with E-state index in [4.69, 9.17) is 0 Å². The molecule has 1 amide bonds. The number of nitrogens with one attached hydrogen (secondary N) is 2. The SMILES string of the molecule is Cc1ccc(CNC(=O)c2nn[nH]n2)s1. The van der Waals surface area contributed by atoms with Gasteiger partial charge in [-0.2, -0.15) is 5.21 Å². The maximum absolute atomic E-state index is 11.4. The second kappa shape index (κ2) is 4.18. The normalized spacial score (nSPS) is 10.2. The van der Waals surface area contributed by atoms with Gasteiger partial charge in [0.1, 0.15) is 0 Å². The van der Waals surface area contributed by atoms with E-state index in [0.717, 1.165) is 4.88 Å². The van der Waals surface area contributed by atoms with Crippen LogP contribution in [0.15, 0.2) is 12.1 Å². The van der Waals surface area contributed by atoms with Crippen LogP contribution in [0, 0.1) is 6.92 Å². The molecule has 2 aromatic heterocycles. The minimum Gasteiger partial charge on any atom is -0.344 e. The zero-order valence-electron chi connectivity index (χ0n) is 8.02. The molecule has 0 aromatic carbocycles. The summed E-state index contributed by atoms with van der Waals surface area (Å²) in [6.45, 7) is 2.51. The number of nitrogens with zero attached hydrogens (tertiary/aromatic N) is 3. The lowest BCUT2D eigenvalue weighted by atomic mass is 10.4. The van der Waals surface area contributed by atoms with E-state index < -0.39 is 0 Å². The van der Waals surface area contributed by atoms with Gasteiger partial charge in [-0.1, -0.05) is 0 Å². The molecule has 0 saturated heterocycles. The van der Waals surface area contributed by atoms with E-state index in [1.54, 1.807) is 11.3 Å². The topological polar surface area (TPSA) is 83.6 Å². The molecule has 0 aliphatic carbocycles. The van der Waals surface area contributed by atoms with Gasteiger partial charge >= 0.3 is 0 Å². The van der Waals surface area contributed by atoms with Crippen molar-refractivity contribution in [2.45, 2.75) is 13.5 Å². The Morgan fingerprint density at radius 2 is 2.47 bits per heavy atom. The summed E-state index contributed by atoms with van der Waals surface area (Å²) >= 11 is 1.65. The van der Waals surface area contributed by atoms with Crippen molar-refractivity contribution in [2.75, 3.05) is 0 Å². The highest BCUT2D eigenvalue weighted by Crippen LogP contribution is 2.14. The van der Waals surface area contributed by atoms with E-state index in [0.29, 0.717) is 6.54 Å². The first-order chi connectivity index (χ1) is 7.25. The average molecular weight is 223 g/mol. The van der Waals surface area contributed by atoms with Crippen LogP contribution in [0.2, 0.25) is 0 Å². The number of aromatic amines is 1. The molecule has 0 bridgehead atoms. The Balaban J connectivity index is 1.91. The zero-order chi connectivity index (χ0) is 10.7. The standard InChI is InChI=1S/C8H9N5OS/c1-5-2-3-6(15-5)4-9-8(14)7-10-12-13-11-7/h2-3H,4H2,1H3,(H,9,14)(H,10,11,12,13). The lowest BCUT2D eigenvalue weighted by Gasteiger charge is -1.98. The molecular weight excluding hydrogens is 214 g/mol. The second-order valence-corrected chi connectivity index (χ2v) is 4.30. The Hall–Kier alpha value is -1.76. The number of hydrogen-bond donors (Lipinski definition) is 2. The second-order valence-electron chi connectivity index (χ2n) is 2.93. The van der Waals surface area contributed by atoms with Crippen LogP contribution in [0.4, 0.5) is 0 Å². The average Bonchev–Trinajstić information content (AvgIpc) is 2.84. The van der Waals surface area contributed by atoms with Gasteiger partial charge in [0.05, 0.1) is 6.54 Å². The number of carbonyl (C=O) groups is 1. The molecule has 7 heteroatoms. The van der Waals surface area contributed by atoms with Crippen molar-refractivity contribution < 1.29 is 4.79 Å². The predicted octanol–water partition coefficient (Wildman–Crippen LogP) is 0.500. The molecule has 0 saturated carbocycles. The van der Waals surface area contributed by atoms with E-state index >= 15 is 0 Å². The lowest BCUT2D eigenvalue weighted by Crippen LogP contribution is -2.23. The van der Waals surface area contributed by atoms with Gasteiger partial charge in [0.2, 0.25) is 0 Å². The highest BCUT2D eigenvalue weighted by atomic mass is 32.1. The summed E-state index contributed by atoms with van der Waals surface area (Å²) in [6.07, 6.45) is 0. The quantitative estimate of drug-likeness (QED) is 0.793. The minimum atomic E-state index is -0.324. The van der Waals surface area contributed by atoms with Crippen LogP contribution in [0.1, 0.15) is 20.4 Å². The minimum absolute atomic E-state index is 0.0586. The number of tetrazole rings is 1. The molecule has 0 atom stereocenters. The molecule has 2 N–H and O–H groups in total. The third kappa shape index (κ3) is 2.38. The van der Waals surface area contributed by atoms with E-state index in [9.17, 15) is 4.79 Å². The van der Waals surface area contributed by atoms with Crippen LogP contribution in [-0.4, -0.2) is 26.5 Å². The van der Waals surface area contributed by atoms with Crippen molar-refractivity contribution in [2.24, 2.45) is 0 Å². The number of H-pyrrole nitrogens is 1. The van der Waals surface area contributed by atoms with Gasteiger partial charge in [-0.15, -0.1) is 21.5 Å². The van der Waals surface area contributed by atoms with Crippen LogP contribution < -0.4 is 5.32 Å². The van der Waals surface area contributed by atoms with Crippen LogP contribution in [0.3, 0.4) is 0 Å². The van der Waals surface area contributed by atoms with Crippen molar-refractivity contribution in [3.63, 3.8) is 0 Å². The zero-order valence-corrected chi connectivity index (χ0v) is 8.84. The smallest absolute Gasteiger partial charge is 0.293 e. The number of thiophene rings is 1. The van der Waals surface area contributed by atoms with Crippen LogP contribution in [0.5, 0.6) is 0 Å². The number of amides is 1. The third-order valence-electron chi connectivity index (χ3n) is 1.77. The molecule has 15 heavy (non-hydrogen) atoms. The van der Waals surface area contributed by atoms with Gasteiger partial charge in [-0.3, -0.25) is 4.79 Å². The highest BCUT2D eigenvalue weighted by molar-refractivity contribution is 7.11. The summed E-state index contributed by atoms with van der Waals surface area (Å²) in [5.41, 5.74) is 0. The molecule has 78 valence electrons. The van der Waals surface area contributed by atoms with Gasteiger partial charge in [-0.25, -0.2) is 0 Å². The molecule has 0 unspecified atom stereocenters. The fourth-order valence-corrected chi connectivity index (χ4v) is 1.91. The van der Waals surface area contributed by atoms with Crippen molar-refractivity contribution in [3.8, 4) is 0 Å². The fourth-order valence-electron chi connectivity index (χ4n) is 1.08. The van der Waals surface area contributed by atoms with Crippen molar-refractivity contribution in [1.29, 1.82) is 0 Å². The van der Waals surface area contributed by atoms with Crippen molar-refractivity contribution in [1.82, 2.24) is 25.9 Å². The molecule has 0 aliphatic rings. The predicted molar refractivity (Wildman–Crippen MR) is 54.4 cm³/mol. The molecule has 0 aliphatic heterocycles. The Morgan fingerprint density at radius 3 is 3.07 bits per heavy atom. The molecular formula is C8H9N5OS. The van der Waals surface area contributed by atoms with Crippen LogP contribution in [0.25, 0.3) is 0 Å². The van der Waals surface area contributed by atoms with E-state index in [1.807, 2.05) is 19.1 Å². The van der Waals surface area contributed by atoms with Crippen LogP contribution >= 0.6 is 11.3 Å². The first kappa shape index (κ1) is 9.78. The Kier molecular flexibility index (Phi) is 2.72. The number of rotatable bonds is 3. The Morgan fingerprint density at radius 1 is 1.60 bits per heavy atom. The van der Waals surface area contributed by atoms with Crippen molar-refractivity contribution >= 4 is 17.2 Å². The van der Waals surface area contributed by atoms with E-state index in [1.165, 1.54) is 4.88 Å². The molecule has 0 radical (unpaired) electrons. The number of carbonyl (C=O) groups excluding carboxylic acids is 1. The Bertz CT molecular complexity index is 449. The summed E-state index contributed by atoms with van der Waals surface area (Å²) in [4.78, 5) is 13.7. The summed E-state index contributed by atoms with van der Waals surface area (Å²) < 4.78 is 0. The first-order valence-electron chi connectivity index (χ1n) is 4.32. The third-order valence-corrected chi connectivity index (χ3v) is 2.77. The fraction of sp³-hybridized carbons (Fsp3) is 0.250. The van der Waals surface area contributed by atoms with Crippen molar-refractivity contribution in [3.05, 3.63) is 27.7 Å². The molecule has 2 heterocycles. The summed E-state index contributed by atoms with van der Waals surface area (Å²) in [6, 6.07) is 4.00. The van der Waals surface area contributed by atoms with E-state index in [-0.39, 0.29) is 11.7 Å². The van der Waals surface area contributed by atoms with Crippen LogP contribution in [-0.2, 0) is 6.54 Å². The summed E-state index contributed by atoms with van der Waals surface area (Å²) in [7, 11) is 0. The van der Waals surface area contributed by atoms with Gasteiger partial charge < -0.3 is 5.32 Å². The van der Waals surface area contributed by atoms with Gasteiger partial charge in [-0.05, 0) is 24.3 Å². The summed E-state index contributed by atoms with van der Waals surface area (Å²) in [5.74, 6) is -0.266. The maximum Gasteiger partial charge on any atom is 0.293 e. The van der Waals surface area contributed by atoms with E-state index in [2.05, 4.69) is 25.9 Å². The van der Waals surface area contributed by atoms with Gasteiger partial charge in [0, 0.05) is 9.75 Å². The molecule has 0 spiro atoms. The maximum atomic E-state index is 11.4. The van der Waals surface area contributed by atoms with Gasteiger partial charge in [0.15, 0.2) is 0 Å². The number of aromatic nitrogens is 4. The highest BCUT2D eigenvalue weighted by Gasteiger charge is 2.09. The monoisotopic (exact) mass is 223 g/mol. The molecule has 2 aromatic rings. The number of hydrogen-bond acceptors (Lipinski definition) is 5. The first-order valence-corrected chi connectivity index (χ1v) is 5.14. The largest absolute Gasteiger partial charge is 0.344 e.